The van der Waals surface area contributed by atoms with Crippen LogP contribution in [0, 0.1) is 5.92 Å². The molecule has 0 aromatic heterocycles. The first-order chi connectivity index (χ1) is 12.4. The third-order valence-corrected chi connectivity index (χ3v) is 4.80. The third kappa shape index (κ3) is 4.17. The van der Waals surface area contributed by atoms with Crippen LogP contribution >= 0.6 is 11.6 Å². The van der Waals surface area contributed by atoms with Crippen molar-refractivity contribution in [3.63, 3.8) is 0 Å². The molecule has 1 heterocycles. The van der Waals surface area contributed by atoms with Crippen LogP contribution in [0.4, 0.5) is 11.4 Å². The number of carbonyl (C=O) groups excluding carboxylic acids is 1. The summed E-state index contributed by atoms with van der Waals surface area (Å²) in [5.74, 6) is -0.798. The van der Waals surface area contributed by atoms with Gasteiger partial charge >= 0.3 is 5.97 Å². The molecule has 0 spiro atoms. The van der Waals surface area contributed by atoms with Crippen molar-refractivity contribution < 1.29 is 14.7 Å². The highest BCUT2D eigenvalue weighted by Crippen LogP contribution is 2.29. The van der Waals surface area contributed by atoms with Gasteiger partial charge in [-0.2, -0.15) is 0 Å². The van der Waals surface area contributed by atoms with E-state index in [1.54, 1.807) is 36.4 Å². The summed E-state index contributed by atoms with van der Waals surface area (Å²) < 4.78 is 0. The summed E-state index contributed by atoms with van der Waals surface area (Å²) in [6.45, 7) is 3.86. The Bertz CT molecular complexity index is 838. The number of halogens is 1. The molecule has 0 unspecified atom stereocenters. The number of hydrogen-bond donors (Lipinski definition) is 2. The van der Waals surface area contributed by atoms with E-state index in [1.165, 1.54) is 6.07 Å². The zero-order chi connectivity index (χ0) is 18.7. The van der Waals surface area contributed by atoms with Crippen molar-refractivity contribution in [2.24, 2.45) is 5.92 Å². The van der Waals surface area contributed by atoms with E-state index >= 15 is 0 Å². The zero-order valence-corrected chi connectivity index (χ0v) is 15.3. The Hall–Kier alpha value is -2.53. The molecule has 1 atom stereocenters. The van der Waals surface area contributed by atoms with E-state index in [4.69, 9.17) is 11.6 Å². The molecule has 136 valence electrons. The Morgan fingerprint density at radius 1 is 1.23 bits per heavy atom. The Labute approximate surface area is 157 Å². The van der Waals surface area contributed by atoms with Crippen LogP contribution in [0.2, 0.25) is 5.02 Å². The highest BCUT2D eigenvalue weighted by atomic mass is 35.5. The average Bonchev–Trinajstić information content (AvgIpc) is 2.61. The molecule has 2 N–H and O–H groups in total. The minimum atomic E-state index is -1.00. The second-order valence-corrected chi connectivity index (χ2v) is 7.13. The number of nitrogens with zero attached hydrogens (tertiary/aromatic N) is 1. The quantitative estimate of drug-likeness (QED) is 0.827. The fourth-order valence-corrected chi connectivity index (χ4v) is 3.49. The SMILES string of the molecule is C[C@@H]1CCCN(c2ccc(NC(=O)c3cccc(Cl)c3)cc2C(=O)O)C1. The van der Waals surface area contributed by atoms with Crippen LogP contribution in [0.1, 0.15) is 40.5 Å². The molecule has 1 aliphatic heterocycles. The van der Waals surface area contributed by atoms with Crippen LogP contribution < -0.4 is 10.2 Å². The van der Waals surface area contributed by atoms with Crippen molar-refractivity contribution >= 4 is 34.9 Å². The molecule has 26 heavy (non-hydrogen) atoms. The van der Waals surface area contributed by atoms with E-state index in [-0.39, 0.29) is 11.5 Å². The smallest absolute Gasteiger partial charge is 0.337 e. The van der Waals surface area contributed by atoms with E-state index < -0.39 is 5.97 Å². The van der Waals surface area contributed by atoms with Gasteiger partial charge in [-0.05, 0) is 55.2 Å². The highest BCUT2D eigenvalue weighted by Gasteiger charge is 2.22. The Balaban J connectivity index is 1.84. The minimum absolute atomic E-state index is 0.197. The Morgan fingerprint density at radius 3 is 2.73 bits per heavy atom. The molecular formula is C20H21ClN2O3. The molecule has 0 saturated carbocycles. The molecule has 1 saturated heterocycles. The summed E-state index contributed by atoms with van der Waals surface area (Å²) >= 11 is 5.91. The van der Waals surface area contributed by atoms with Gasteiger partial charge in [0.2, 0.25) is 0 Å². The van der Waals surface area contributed by atoms with Gasteiger partial charge in [0.25, 0.3) is 5.91 Å². The lowest BCUT2D eigenvalue weighted by Crippen LogP contribution is -2.35. The third-order valence-electron chi connectivity index (χ3n) is 4.57. The predicted molar refractivity (Wildman–Crippen MR) is 103 cm³/mol. The molecule has 3 rings (SSSR count). The number of aromatic carboxylic acids is 1. The van der Waals surface area contributed by atoms with Crippen LogP contribution in [0.5, 0.6) is 0 Å². The Morgan fingerprint density at radius 2 is 2.04 bits per heavy atom. The first-order valence-electron chi connectivity index (χ1n) is 8.63. The van der Waals surface area contributed by atoms with Gasteiger partial charge in [-0.15, -0.1) is 0 Å². The average molecular weight is 373 g/mol. The maximum Gasteiger partial charge on any atom is 0.337 e. The summed E-state index contributed by atoms with van der Waals surface area (Å²) in [7, 11) is 0. The molecule has 1 aliphatic rings. The number of rotatable bonds is 4. The zero-order valence-electron chi connectivity index (χ0n) is 14.5. The fourth-order valence-electron chi connectivity index (χ4n) is 3.30. The fraction of sp³-hybridized carbons (Fsp3) is 0.300. The van der Waals surface area contributed by atoms with Gasteiger partial charge in [-0.25, -0.2) is 4.79 Å². The molecule has 0 radical (unpaired) electrons. The van der Waals surface area contributed by atoms with E-state index in [0.717, 1.165) is 25.9 Å². The summed E-state index contributed by atoms with van der Waals surface area (Å²) in [6.07, 6.45) is 2.21. The van der Waals surface area contributed by atoms with Crippen LogP contribution in [0.25, 0.3) is 0 Å². The number of nitrogens with one attached hydrogen (secondary N) is 1. The summed E-state index contributed by atoms with van der Waals surface area (Å²) in [6, 6.07) is 11.6. The van der Waals surface area contributed by atoms with Gasteiger partial charge in [0, 0.05) is 29.4 Å². The molecule has 0 bridgehead atoms. The standard InChI is InChI=1S/C20H21ClN2O3/c1-13-4-3-9-23(12-13)18-8-7-16(11-17(18)20(25)26)22-19(24)14-5-2-6-15(21)10-14/h2,5-8,10-11,13H,3-4,9,12H2,1H3,(H,22,24)(H,25,26)/t13-/m1/s1. The summed E-state index contributed by atoms with van der Waals surface area (Å²) in [4.78, 5) is 26.2. The van der Waals surface area contributed by atoms with Gasteiger partial charge < -0.3 is 15.3 Å². The molecule has 2 aromatic rings. The largest absolute Gasteiger partial charge is 0.478 e. The van der Waals surface area contributed by atoms with Crippen molar-refractivity contribution in [1.29, 1.82) is 0 Å². The minimum Gasteiger partial charge on any atom is -0.478 e. The van der Waals surface area contributed by atoms with E-state index in [2.05, 4.69) is 17.1 Å². The number of amides is 1. The second kappa shape index (κ2) is 7.79. The van der Waals surface area contributed by atoms with Crippen molar-refractivity contribution in [2.75, 3.05) is 23.3 Å². The number of carbonyl (C=O) groups is 2. The van der Waals surface area contributed by atoms with E-state index in [1.807, 2.05) is 0 Å². The number of benzene rings is 2. The summed E-state index contributed by atoms with van der Waals surface area (Å²) in [5.41, 5.74) is 1.76. The number of piperidine rings is 1. The summed E-state index contributed by atoms with van der Waals surface area (Å²) in [5, 5.41) is 12.8. The number of carboxylic acids is 1. The lowest BCUT2D eigenvalue weighted by molar-refractivity contribution is 0.0697. The molecule has 1 amide bonds. The lowest BCUT2D eigenvalue weighted by Gasteiger charge is -2.33. The molecular weight excluding hydrogens is 352 g/mol. The van der Waals surface area contributed by atoms with Gasteiger partial charge in [0.05, 0.1) is 11.3 Å². The van der Waals surface area contributed by atoms with Gasteiger partial charge in [0.1, 0.15) is 0 Å². The van der Waals surface area contributed by atoms with Crippen LogP contribution in [-0.2, 0) is 0 Å². The van der Waals surface area contributed by atoms with Crippen molar-refractivity contribution in [3.8, 4) is 0 Å². The van der Waals surface area contributed by atoms with Crippen LogP contribution in [0.15, 0.2) is 42.5 Å². The Kier molecular flexibility index (Phi) is 5.47. The first-order valence-corrected chi connectivity index (χ1v) is 9.01. The molecule has 2 aromatic carbocycles. The number of hydrogen-bond acceptors (Lipinski definition) is 3. The normalized spacial score (nSPS) is 17.0. The predicted octanol–water partition coefficient (Wildman–Crippen LogP) is 4.53. The topological polar surface area (TPSA) is 69.6 Å². The molecule has 5 nitrogen and oxygen atoms in total. The maximum absolute atomic E-state index is 12.3. The first kappa shape index (κ1) is 18.3. The van der Waals surface area contributed by atoms with Gasteiger partial charge in [-0.1, -0.05) is 24.6 Å². The second-order valence-electron chi connectivity index (χ2n) is 6.69. The van der Waals surface area contributed by atoms with E-state index in [9.17, 15) is 14.7 Å². The maximum atomic E-state index is 12.3. The van der Waals surface area contributed by atoms with Crippen molar-refractivity contribution in [3.05, 3.63) is 58.6 Å². The monoisotopic (exact) mass is 372 g/mol. The van der Waals surface area contributed by atoms with Gasteiger partial charge in [0.15, 0.2) is 0 Å². The number of anilines is 2. The highest BCUT2D eigenvalue weighted by molar-refractivity contribution is 6.31. The van der Waals surface area contributed by atoms with Crippen LogP contribution in [0.3, 0.4) is 0 Å². The van der Waals surface area contributed by atoms with Gasteiger partial charge in [-0.3, -0.25) is 4.79 Å². The van der Waals surface area contributed by atoms with Crippen molar-refractivity contribution in [1.82, 2.24) is 0 Å². The molecule has 0 aliphatic carbocycles. The van der Waals surface area contributed by atoms with Crippen LogP contribution in [-0.4, -0.2) is 30.1 Å². The molecule has 1 fully saturated rings. The lowest BCUT2D eigenvalue weighted by atomic mass is 9.98. The van der Waals surface area contributed by atoms with E-state index in [0.29, 0.717) is 27.9 Å². The van der Waals surface area contributed by atoms with Crippen molar-refractivity contribution in [2.45, 2.75) is 19.8 Å². The molecule has 6 heteroatoms. The number of carboxylic acid groups (broad SMARTS) is 1.